The number of nitrogens with zero attached hydrogens (tertiary/aromatic N) is 1. The Labute approximate surface area is 118 Å². The minimum Gasteiger partial charge on any atom is -0.289 e. The lowest BCUT2D eigenvalue weighted by atomic mass is 10.1. The van der Waals surface area contributed by atoms with Crippen molar-refractivity contribution in [2.75, 3.05) is 0 Å². The number of carbonyl (C=O) groups excluding carboxylic acids is 1. The zero-order chi connectivity index (χ0) is 14.1. The molecule has 19 heavy (non-hydrogen) atoms. The Morgan fingerprint density at radius 2 is 1.89 bits per heavy atom. The van der Waals surface area contributed by atoms with Crippen LogP contribution in [-0.2, 0) is 0 Å². The molecule has 1 aromatic heterocycles. The molecule has 2 rings (SSSR count). The zero-order valence-electron chi connectivity index (χ0n) is 11.0. The Bertz CT molecular complexity index is 550. The van der Waals surface area contributed by atoms with E-state index in [0.29, 0.717) is 10.6 Å². The first-order valence-electron chi connectivity index (χ1n) is 6.14. The van der Waals surface area contributed by atoms with E-state index in [4.69, 9.17) is 11.6 Å². The van der Waals surface area contributed by atoms with E-state index in [2.05, 4.69) is 4.98 Å². The van der Waals surface area contributed by atoms with Crippen LogP contribution in [0.5, 0.6) is 0 Å². The molecule has 2 nitrogen and oxygen atoms in total. The normalized spacial score (nSPS) is 9.84. The Morgan fingerprint density at radius 3 is 2.53 bits per heavy atom. The summed E-state index contributed by atoms with van der Waals surface area (Å²) >= 11 is 5.98. The van der Waals surface area contributed by atoms with Gasteiger partial charge in [-0.2, -0.15) is 0 Å². The first-order valence-corrected chi connectivity index (χ1v) is 6.52. The van der Waals surface area contributed by atoms with E-state index >= 15 is 0 Å². The average Bonchev–Trinajstić information content (AvgIpc) is 2.49. The summed E-state index contributed by atoms with van der Waals surface area (Å²) in [6, 6.07) is 10.8. The number of halogens is 1. The summed E-state index contributed by atoms with van der Waals surface area (Å²) in [5.74, 6) is -0.0852. The fraction of sp³-hybridized carbons (Fsp3) is 0.125. The van der Waals surface area contributed by atoms with Crippen molar-refractivity contribution < 1.29 is 4.79 Å². The molecule has 0 aliphatic heterocycles. The van der Waals surface area contributed by atoms with Gasteiger partial charge < -0.3 is 0 Å². The molecule has 0 spiro atoms. The summed E-state index contributed by atoms with van der Waals surface area (Å²) in [6.45, 7) is 4.00. The van der Waals surface area contributed by atoms with Crippen LogP contribution < -0.4 is 0 Å². The van der Waals surface area contributed by atoms with Crippen LogP contribution in [0.25, 0.3) is 6.08 Å². The molecule has 0 fully saturated rings. The molecule has 2 aromatic rings. The highest BCUT2D eigenvalue weighted by atomic mass is 35.5. The van der Waals surface area contributed by atoms with Gasteiger partial charge in [0, 0.05) is 23.0 Å². The molecule has 3 heteroatoms. The molecule has 98 valence electrons. The van der Waals surface area contributed by atoms with E-state index < -0.39 is 0 Å². The molecule has 0 aliphatic rings. The van der Waals surface area contributed by atoms with Crippen molar-refractivity contribution in [1.82, 2.24) is 4.98 Å². The number of pyridine rings is 1. The van der Waals surface area contributed by atoms with Gasteiger partial charge in [0.2, 0.25) is 0 Å². The molecule has 0 saturated carbocycles. The highest BCUT2D eigenvalue weighted by molar-refractivity contribution is 6.32. The Morgan fingerprint density at radius 1 is 1.16 bits per heavy atom. The summed E-state index contributed by atoms with van der Waals surface area (Å²) in [4.78, 5) is 15.7. The number of hydrogen-bond donors (Lipinski definition) is 0. The third-order valence-corrected chi connectivity index (χ3v) is 2.61. The van der Waals surface area contributed by atoms with E-state index in [-0.39, 0.29) is 5.78 Å². The summed E-state index contributed by atoms with van der Waals surface area (Å²) < 4.78 is 0. The number of carbonyl (C=O) groups is 1. The van der Waals surface area contributed by atoms with Crippen LogP contribution in [0.1, 0.15) is 29.8 Å². The van der Waals surface area contributed by atoms with Crippen molar-refractivity contribution in [1.29, 1.82) is 0 Å². The Balaban J connectivity index is 0.000000861. The van der Waals surface area contributed by atoms with Gasteiger partial charge in [0.25, 0.3) is 0 Å². The van der Waals surface area contributed by atoms with Crippen molar-refractivity contribution in [2.45, 2.75) is 13.8 Å². The zero-order valence-corrected chi connectivity index (χ0v) is 11.8. The van der Waals surface area contributed by atoms with E-state index in [9.17, 15) is 4.79 Å². The van der Waals surface area contributed by atoms with Crippen LogP contribution in [0, 0.1) is 0 Å². The van der Waals surface area contributed by atoms with Gasteiger partial charge in [-0.25, -0.2) is 0 Å². The number of benzene rings is 1. The van der Waals surface area contributed by atoms with Crippen LogP contribution in [0.2, 0.25) is 5.02 Å². The average molecular weight is 274 g/mol. The van der Waals surface area contributed by atoms with Gasteiger partial charge in [-0.3, -0.25) is 9.78 Å². The van der Waals surface area contributed by atoms with Crippen LogP contribution in [0.4, 0.5) is 0 Å². The summed E-state index contributed by atoms with van der Waals surface area (Å²) in [7, 11) is 0. The molecular weight excluding hydrogens is 258 g/mol. The smallest absolute Gasteiger partial charge is 0.187 e. The van der Waals surface area contributed by atoms with Crippen molar-refractivity contribution in [3.8, 4) is 0 Å². The Kier molecular flexibility index (Phi) is 6.55. The lowest BCUT2D eigenvalue weighted by Gasteiger charge is -1.96. The van der Waals surface area contributed by atoms with Gasteiger partial charge in [-0.1, -0.05) is 43.6 Å². The second kappa shape index (κ2) is 8.22. The van der Waals surface area contributed by atoms with Crippen LogP contribution in [0.15, 0.2) is 54.9 Å². The fourth-order valence-corrected chi connectivity index (χ4v) is 1.58. The molecule has 0 saturated heterocycles. The molecule has 1 aromatic carbocycles. The van der Waals surface area contributed by atoms with Gasteiger partial charge in [0.05, 0.1) is 0 Å². The van der Waals surface area contributed by atoms with E-state index in [1.165, 1.54) is 6.08 Å². The Hall–Kier alpha value is -1.93. The fourth-order valence-electron chi connectivity index (χ4n) is 1.38. The first-order chi connectivity index (χ1) is 9.27. The summed E-state index contributed by atoms with van der Waals surface area (Å²) in [5.41, 5.74) is 1.39. The summed E-state index contributed by atoms with van der Waals surface area (Å²) in [6.07, 6.45) is 6.38. The predicted molar refractivity (Wildman–Crippen MR) is 80.4 cm³/mol. The standard InChI is InChI=1S/C14H10ClNO.C2H6/c15-13-6-2-1-4-11(13)7-8-14(17)12-5-3-9-16-10-12;1-2/h1-10H;1-2H3/b8-7+;. The molecule has 0 bridgehead atoms. The molecular formula is C16H16ClNO. The van der Waals surface area contributed by atoms with Gasteiger partial charge in [-0.05, 0) is 35.9 Å². The number of aromatic nitrogens is 1. The second-order valence-electron chi connectivity index (χ2n) is 3.46. The van der Waals surface area contributed by atoms with Crippen molar-refractivity contribution in [3.05, 3.63) is 71.0 Å². The van der Waals surface area contributed by atoms with E-state index in [0.717, 1.165) is 5.56 Å². The van der Waals surface area contributed by atoms with Gasteiger partial charge in [0.1, 0.15) is 0 Å². The van der Waals surface area contributed by atoms with Gasteiger partial charge >= 0.3 is 0 Å². The lowest BCUT2D eigenvalue weighted by molar-refractivity contribution is 0.104. The number of rotatable bonds is 3. The van der Waals surface area contributed by atoms with Crippen molar-refractivity contribution >= 4 is 23.5 Å². The molecule has 0 N–H and O–H groups in total. The third-order valence-electron chi connectivity index (χ3n) is 2.27. The van der Waals surface area contributed by atoms with Crippen molar-refractivity contribution in [3.63, 3.8) is 0 Å². The largest absolute Gasteiger partial charge is 0.289 e. The van der Waals surface area contributed by atoms with Gasteiger partial charge in [0.15, 0.2) is 5.78 Å². The first kappa shape index (κ1) is 15.1. The predicted octanol–water partition coefficient (Wildman–Crippen LogP) is 4.66. The number of hydrogen-bond acceptors (Lipinski definition) is 2. The molecule has 0 unspecified atom stereocenters. The quantitative estimate of drug-likeness (QED) is 0.601. The third kappa shape index (κ3) is 4.68. The van der Waals surface area contributed by atoms with Crippen LogP contribution >= 0.6 is 11.6 Å². The van der Waals surface area contributed by atoms with Gasteiger partial charge in [-0.15, -0.1) is 0 Å². The van der Waals surface area contributed by atoms with Crippen LogP contribution in [-0.4, -0.2) is 10.8 Å². The van der Waals surface area contributed by atoms with E-state index in [1.54, 1.807) is 36.7 Å². The SMILES string of the molecule is CC.O=C(/C=C/c1ccccc1Cl)c1cccnc1. The maximum Gasteiger partial charge on any atom is 0.187 e. The van der Waals surface area contributed by atoms with Crippen molar-refractivity contribution in [2.24, 2.45) is 0 Å². The summed E-state index contributed by atoms with van der Waals surface area (Å²) in [5, 5.41) is 0.628. The number of ketones is 1. The second-order valence-corrected chi connectivity index (χ2v) is 3.87. The molecule has 0 atom stereocenters. The monoisotopic (exact) mass is 273 g/mol. The number of allylic oxidation sites excluding steroid dienone is 1. The van der Waals surface area contributed by atoms with Crippen LogP contribution in [0.3, 0.4) is 0 Å². The molecule has 0 amide bonds. The minimum absolute atomic E-state index is 0.0852. The highest BCUT2D eigenvalue weighted by Gasteiger charge is 2.01. The molecule has 0 aliphatic carbocycles. The minimum atomic E-state index is -0.0852. The molecule has 1 heterocycles. The molecule has 0 radical (unpaired) electrons. The maximum absolute atomic E-state index is 11.8. The highest BCUT2D eigenvalue weighted by Crippen LogP contribution is 2.16. The van der Waals surface area contributed by atoms with E-state index in [1.807, 2.05) is 32.0 Å². The topological polar surface area (TPSA) is 30.0 Å². The lowest BCUT2D eigenvalue weighted by Crippen LogP contribution is -1.94. The maximum atomic E-state index is 11.8.